The number of halogens is 2. The molecule has 1 atom stereocenters. The lowest BCUT2D eigenvalue weighted by atomic mass is 10.0. The first-order valence-electron chi connectivity index (χ1n) is 8.60. The van der Waals surface area contributed by atoms with Crippen LogP contribution in [0.2, 0.25) is 5.02 Å². The summed E-state index contributed by atoms with van der Waals surface area (Å²) in [5.74, 6) is -0.0911. The second kappa shape index (κ2) is 6.88. The predicted molar refractivity (Wildman–Crippen MR) is 116 cm³/mol. The van der Waals surface area contributed by atoms with Crippen LogP contribution in [0.25, 0.3) is 11.3 Å². The zero-order valence-electron chi connectivity index (χ0n) is 14.4. The van der Waals surface area contributed by atoms with Gasteiger partial charge in [-0.1, -0.05) is 45.7 Å². The van der Waals surface area contributed by atoms with Crippen molar-refractivity contribution >= 4 is 50.5 Å². The minimum Gasteiger partial charge on any atom is -0.294 e. The van der Waals surface area contributed by atoms with Gasteiger partial charge < -0.3 is 0 Å². The SMILES string of the molecule is O=C1c2[nH]nc(-c3ccc(Br)cc3)c2C(c2cccs2)N1c1ccc(Cl)cc1. The third kappa shape index (κ3) is 2.80. The van der Waals surface area contributed by atoms with E-state index in [4.69, 9.17) is 11.6 Å². The van der Waals surface area contributed by atoms with E-state index in [1.165, 1.54) is 0 Å². The summed E-state index contributed by atoms with van der Waals surface area (Å²) in [6.45, 7) is 0. The van der Waals surface area contributed by atoms with Crippen LogP contribution in [0.3, 0.4) is 0 Å². The Morgan fingerprint density at radius 2 is 1.82 bits per heavy atom. The van der Waals surface area contributed by atoms with Crippen LogP contribution in [0.1, 0.15) is 27.0 Å². The van der Waals surface area contributed by atoms with E-state index < -0.39 is 0 Å². The number of aromatic nitrogens is 2. The van der Waals surface area contributed by atoms with Crippen molar-refractivity contribution in [3.63, 3.8) is 0 Å². The molecule has 1 N–H and O–H groups in total. The van der Waals surface area contributed by atoms with Gasteiger partial charge in [-0.2, -0.15) is 5.10 Å². The molecule has 2 aromatic heterocycles. The number of H-pyrrole nitrogens is 1. The van der Waals surface area contributed by atoms with Crippen LogP contribution in [0.15, 0.2) is 70.5 Å². The first-order valence-corrected chi connectivity index (χ1v) is 10.7. The minimum absolute atomic E-state index is 0.0911. The second-order valence-electron chi connectivity index (χ2n) is 6.44. The van der Waals surface area contributed by atoms with Crippen molar-refractivity contribution in [3.05, 3.63) is 91.7 Å². The molecule has 1 aliphatic rings. The van der Waals surface area contributed by atoms with E-state index in [0.29, 0.717) is 10.7 Å². The number of hydrogen-bond donors (Lipinski definition) is 1. The van der Waals surface area contributed by atoms with Gasteiger partial charge in [-0.3, -0.25) is 14.8 Å². The Morgan fingerprint density at radius 1 is 1.07 bits per heavy atom. The minimum atomic E-state index is -0.235. The summed E-state index contributed by atoms with van der Waals surface area (Å²) in [5.41, 5.74) is 4.01. The standard InChI is InChI=1S/C21H13BrClN3OS/c22-13-5-3-12(4-6-13)18-17-19(25-24-18)21(27)26(15-9-7-14(23)8-10-15)20(17)16-2-1-11-28-16/h1-11,20H,(H,24,25). The first-order chi connectivity index (χ1) is 13.6. The quantitative estimate of drug-likeness (QED) is 0.382. The summed E-state index contributed by atoms with van der Waals surface area (Å²) in [5, 5.41) is 10.1. The molecule has 28 heavy (non-hydrogen) atoms. The highest BCUT2D eigenvalue weighted by Crippen LogP contribution is 2.46. The van der Waals surface area contributed by atoms with Gasteiger partial charge in [0.2, 0.25) is 0 Å². The summed E-state index contributed by atoms with van der Waals surface area (Å²) in [7, 11) is 0. The van der Waals surface area contributed by atoms with Crippen molar-refractivity contribution in [3.8, 4) is 11.3 Å². The summed E-state index contributed by atoms with van der Waals surface area (Å²) in [4.78, 5) is 16.2. The molecule has 0 fully saturated rings. The molecule has 0 saturated carbocycles. The van der Waals surface area contributed by atoms with E-state index >= 15 is 0 Å². The highest BCUT2D eigenvalue weighted by Gasteiger charge is 2.43. The highest BCUT2D eigenvalue weighted by molar-refractivity contribution is 9.10. The summed E-state index contributed by atoms with van der Waals surface area (Å²) in [6, 6.07) is 19.1. The molecule has 1 amide bonds. The first kappa shape index (κ1) is 17.7. The van der Waals surface area contributed by atoms with Gasteiger partial charge in [-0.05, 0) is 47.8 Å². The molecule has 0 bridgehead atoms. The Morgan fingerprint density at radius 3 is 2.50 bits per heavy atom. The summed E-state index contributed by atoms with van der Waals surface area (Å²) >= 11 is 11.2. The van der Waals surface area contributed by atoms with Gasteiger partial charge in [0.05, 0.1) is 5.69 Å². The number of nitrogens with one attached hydrogen (secondary N) is 1. The maximum atomic E-state index is 13.3. The molecule has 3 heterocycles. The molecule has 1 aliphatic heterocycles. The topological polar surface area (TPSA) is 49.0 Å². The van der Waals surface area contributed by atoms with Crippen LogP contribution >= 0.6 is 38.9 Å². The average molecular weight is 471 g/mol. The number of rotatable bonds is 3. The normalized spacial score (nSPS) is 15.9. The van der Waals surface area contributed by atoms with Gasteiger partial charge in [0.1, 0.15) is 11.7 Å². The zero-order valence-corrected chi connectivity index (χ0v) is 17.6. The molecule has 4 nitrogen and oxygen atoms in total. The molecule has 1 unspecified atom stereocenters. The van der Waals surface area contributed by atoms with Crippen LogP contribution in [0.4, 0.5) is 5.69 Å². The largest absolute Gasteiger partial charge is 0.294 e. The number of carbonyl (C=O) groups excluding carboxylic acids is 1. The third-order valence-corrected chi connectivity index (χ3v) is 6.51. The maximum Gasteiger partial charge on any atom is 0.277 e. The molecule has 7 heteroatoms. The molecule has 0 spiro atoms. The van der Waals surface area contributed by atoms with Gasteiger partial charge in [0.25, 0.3) is 5.91 Å². The van der Waals surface area contributed by atoms with Gasteiger partial charge in [0.15, 0.2) is 0 Å². The van der Waals surface area contributed by atoms with Crippen molar-refractivity contribution in [1.29, 1.82) is 0 Å². The zero-order chi connectivity index (χ0) is 19.3. The van der Waals surface area contributed by atoms with Crippen molar-refractivity contribution in [2.45, 2.75) is 6.04 Å². The Hall–Kier alpha value is -2.41. The number of fused-ring (bicyclic) bond motifs is 1. The summed E-state index contributed by atoms with van der Waals surface area (Å²) < 4.78 is 0.997. The lowest BCUT2D eigenvalue weighted by Crippen LogP contribution is -2.28. The number of hydrogen-bond acceptors (Lipinski definition) is 3. The Balaban J connectivity index is 1.70. The number of thiophene rings is 1. The van der Waals surface area contributed by atoms with Crippen LogP contribution in [-0.4, -0.2) is 16.1 Å². The number of carbonyl (C=O) groups is 1. The van der Waals surface area contributed by atoms with E-state index in [0.717, 1.165) is 31.9 Å². The molecular formula is C21H13BrClN3OS. The molecular weight excluding hydrogens is 458 g/mol. The molecule has 4 aromatic rings. The number of anilines is 1. The fraction of sp³-hybridized carbons (Fsp3) is 0.0476. The van der Waals surface area contributed by atoms with Crippen molar-refractivity contribution < 1.29 is 4.79 Å². The summed E-state index contributed by atoms with van der Waals surface area (Å²) in [6.07, 6.45) is 0. The highest BCUT2D eigenvalue weighted by atomic mass is 79.9. The number of nitrogens with zero attached hydrogens (tertiary/aromatic N) is 2. The fourth-order valence-electron chi connectivity index (χ4n) is 3.56. The number of aromatic amines is 1. The lowest BCUT2D eigenvalue weighted by molar-refractivity contribution is 0.0989. The lowest BCUT2D eigenvalue weighted by Gasteiger charge is -2.25. The van der Waals surface area contributed by atoms with E-state index in [9.17, 15) is 4.79 Å². The molecule has 138 valence electrons. The Kier molecular flexibility index (Phi) is 4.34. The van der Waals surface area contributed by atoms with Gasteiger partial charge in [-0.25, -0.2) is 0 Å². The van der Waals surface area contributed by atoms with Crippen LogP contribution < -0.4 is 4.90 Å². The van der Waals surface area contributed by atoms with Crippen LogP contribution in [0, 0.1) is 0 Å². The van der Waals surface area contributed by atoms with Crippen LogP contribution in [0.5, 0.6) is 0 Å². The van der Waals surface area contributed by atoms with Crippen LogP contribution in [-0.2, 0) is 0 Å². The predicted octanol–water partition coefficient (Wildman–Crippen LogP) is 6.30. The van der Waals surface area contributed by atoms with E-state index in [2.05, 4.69) is 32.2 Å². The Labute approximate surface area is 178 Å². The van der Waals surface area contributed by atoms with Gasteiger partial charge >= 0.3 is 0 Å². The monoisotopic (exact) mass is 469 g/mol. The van der Waals surface area contributed by atoms with E-state index in [1.807, 2.05) is 52.7 Å². The van der Waals surface area contributed by atoms with Gasteiger partial charge in [-0.15, -0.1) is 11.3 Å². The molecule has 5 rings (SSSR count). The number of amides is 1. The molecule has 0 saturated heterocycles. The fourth-order valence-corrected chi connectivity index (χ4v) is 4.77. The average Bonchev–Trinajstić information content (AvgIpc) is 3.42. The molecule has 0 radical (unpaired) electrons. The smallest absolute Gasteiger partial charge is 0.277 e. The maximum absolute atomic E-state index is 13.3. The van der Waals surface area contributed by atoms with Crippen molar-refractivity contribution in [2.24, 2.45) is 0 Å². The van der Waals surface area contributed by atoms with Crippen molar-refractivity contribution in [2.75, 3.05) is 4.90 Å². The van der Waals surface area contributed by atoms with E-state index in [1.54, 1.807) is 23.5 Å². The van der Waals surface area contributed by atoms with E-state index in [-0.39, 0.29) is 11.9 Å². The Bertz CT molecular complexity index is 1150. The molecule has 0 aliphatic carbocycles. The van der Waals surface area contributed by atoms with Crippen molar-refractivity contribution in [1.82, 2.24) is 10.2 Å². The second-order valence-corrected chi connectivity index (χ2v) is 8.77. The molecule has 2 aromatic carbocycles. The number of benzene rings is 2. The van der Waals surface area contributed by atoms with Gasteiger partial charge in [0, 0.05) is 31.2 Å². The third-order valence-electron chi connectivity index (χ3n) is 4.80.